The lowest BCUT2D eigenvalue weighted by atomic mass is 9.95. The van der Waals surface area contributed by atoms with Gasteiger partial charge in [-0.3, -0.25) is 19.5 Å². The van der Waals surface area contributed by atoms with Gasteiger partial charge in [0.2, 0.25) is 0 Å². The van der Waals surface area contributed by atoms with Crippen molar-refractivity contribution in [3.05, 3.63) is 87.1 Å². The normalized spacial score (nSPS) is 17.3. The number of aliphatic hydroxyl groups excluding tert-OH is 1. The van der Waals surface area contributed by atoms with Gasteiger partial charge in [0.1, 0.15) is 17.3 Å². The SMILES string of the molecule is COc1cc(/C(O)=C2\C(=O)C(=O)N(c3cccc(Br)c3)C2c2cccnc2)c(OC)cc1Cl. The van der Waals surface area contributed by atoms with Crippen molar-refractivity contribution in [2.45, 2.75) is 6.04 Å². The van der Waals surface area contributed by atoms with Crippen LogP contribution in [0.2, 0.25) is 5.02 Å². The van der Waals surface area contributed by atoms with Gasteiger partial charge in [0.05, 0.1) is 36.4 Å². The Bertz CT molecular complexity index is 1280. The van der Waals surface area contributed by atoms with Gasteiger partial charge in [-0.15, -0.1) is 0 Å². The molecule has 3 aromatic rings. The summed E-state index contributed by atoms with van der Waals surface area (Å²) in [6, 6.07) is 12.5. The Morgan fingerprint density at radius 2 is 1.85 bits per heavy atom. The summed E-state index contributed by atoms with van der Waals surface area (Å²) in [5.41, 5.74) is 1.11. The van der Waals surface area contributed by atoms with Crippen LogP contribution in [0.3, 0.4) is 0 Å². The summed E-state index contributed by atoms with van der Waals surface area (Å²) in [7, 11) is 2.84. The number of rotatable bonds is 5. The molecule has 1 amide bonds. The fourth-order valence-corrected chi connectivity index (χ4v) is 4.39. The molecule has 1 unspecified atom stereocenters. The molecule has 0 saturated carbocycles. The number of methoxy groups -OCH3 is 2. The molecule has 7 nitrogen and oxygen atoms in total. The summed E-state index contributed by atoms with van der Waals surface area (Å²) < 4.78 is 11.4. The second kappa shape index (κ2) is 9.25. The van der Waals surface area contributed by atoms with Crippen LogP contribution in [-0.2, 0) is 9.59 Å². The lowest BCUT2D eigenvalue weighted by Gasteiger charge is -2.25. The minimum absolute atomic E-state index is 0.101. The van der Waals surface area contributed by atoms with Crippen LogP contribution in [0.25, 0.3) is 5.76 Å². The summed E-state index contributed by atoms with van der Waals surface area (Å²) in [5, 5.41) is 11.6. The zero-order valence-corrected chi connectivity index (χ0v) is 19.9. The highest BCUT2D eigenvalue weighted by Gasteiger charge is 2.47. The van der Waals surface area contributed by atoms with Crippen molar-refractivity contribution < 1.29 is 24.2 Å². The Kier molecular flexibility index (Phi) is 6.40. The Morgan fingerprint density at radius 3 is 2.48 bits per heavy atom. The van der Waals surface area contributed by atoms with Crippen LogP contribution in [-0.4, -0.2) is 36.0 Å². The van der Waals surface area contributed by atoms with E-state index in [1.54, 1.807) is 42.7 Å². The first-order chi connectivity index (χ1) is 15.9. The Labute approximate surface area is 203 Å². The van der Waals surface area contributed by atoms with E-state index in [9.17, 15) is 14.7 Å². The molecule has 33 heavy (non-hydrogen) atoms. The molecule has 0 aliphatic carbocycles. The van der Waals surface area contributed by atoms with Crippen LogP contribution in [0, 0.1) is 0 Å². The standard InChI is InChI=1S/C24H18BrClN2O5/c1-32-18-11-17(26)19(33-2)10-16(18)22(29)20-21(13-5-4-8-27-12-13)28(24(31)23(20)30)15-7-3-6-14(25)9-15/h3-12,21,29H,1-2H3/b22-20+. The molecule has 1 aliphatic rings. The third-order valence-corrected chi connectivity index (χ3v) is 6.05. The first kappa shape index (κ1) is 22.8. The number of Topliss-reactive ketones (excluding diaryl/α,β-unsaturated/α-hetero) is 1. The van der Waals surface area contributed by atoms with E-state index in [0.29, 0.717) is 11.3 Å². The minimum Gasteiger partial charge on any atom is -0.507 e. The van der Waals surface area contributed by atoms with Gasteiger partial charge >= 0.3 is 0 Å². The Balaban J connectivity index is 1.99. The molecule has 1 N–H and O–H groups in total. The number of anilines is 1. The van der Waals surface area contributed by atoms with E-state index in [0.717, 1.165) is 4.47 Å². The first-order valence-corrected chi connectivity index (χ1v) is 10.9. The number of hydrogen-bond donors (Lipinski definition) is 1. The average Bonchev–Trinajstić information content (AvgIpc) is 3.09. The summed E-state index contributed by atoms with van der Waals surface area (Å²) in [5.74, 6) is -1.53. The number of pyridine rings is 1. The van der Waals surface area contributed by atoms with E-state index >= 15 is 0 Å². The second-order valence-electron chi connectivity index (χ2n) is 7.12. The van der Waals surface area contributed by atoms with Gasteiger partial charge in [0.15, 0.2) is 0 Å². The third kappa shape index (κ3) is 4.07. The number of hydrogen-bond acceptors (Lipinski definition) is 6. The van der Waals surface area contributed by atoms with Gasteiger partial charge in [-0.1, -0.05) is 39.7 Å². The smallest absolute Gasteiger partial charge is 0.300 e. The summed E-state index contributed by atoms with van der Waals surface area (Å²) in [6.45, 7) is 0. The number of nitrogens with zero attached hydrogens (tertiary/aromatic N) is 2. The number of halogens is 2. The van der Waals surface area contributed by atoms with Gasteiger partial charge in [-0.25, -0.2) is 0 Å². The quantitative estimate of drug-likeness (QED) is 0.280. The number of amides is 1. The summed E-state index contributed by atoms with van der Waals surface area (Å²) in [6.07, 6.45) is 3.14. The highest BCUT2D eigenvalue weighted by molar-refractivity contribution is 9.10. The maximum Gasteiger partial charge on any atom is 0.300 e. The molecule has 9 heteroatoms. The van der Waals surface area contributed by atoms with E-state index in [4.69, 9.17) is 21.1 Å². The van der Waals surface area contributed by atoms with Crippen LogP contribution in [0.5, 0.6) is 11.5 Å². The van der Waals surface area contributed by atoms with Crippen molar-refractivity contribution in [3.63, 3.8) is 0 Å². The van der Waals surface area contributed by atoms with Crippen molar-refractivity contribution in [2.75, 3.05) is 19.1 Å². The maximum absolute atomic E-state index is 13.3. The van der Waals surface area contributed by atoms with Gasteiger partial charge in [0.25, 0.3) is 11.7 Å². The van der Waals surface area contributed by atoms with Crippen molar-refractivity contribution >= 4 is 50.7 Å². The molecule has 0 radical (unpaired) electrons. The highest BCUT2D eigenvalue weighted by Crippen LogP contribution is 2.44. The van der Waals surface area contributed by atoms with E-state index in [2.05, 4.69) is 20.9 Å². The second-order valence-corrected chi connectivity index (χ2v) is 8.45. The molecule has 1 saturated heterocycles. The van der Waals surface area contributed by atoms with E-state index in [1.807, 2.05) is 6.07 Å². The average molecular weight is 530 g/mol. The van der Waals surface area contributed by atoms with Crippen LogP contribution in [0.4, 0.5) is 5.69 Å². The lowest BCUT2D eigenvalue weighted by molar-refractivity contribution is -0.132. The molecule has 168 valence electrons. The number of ether oxygens (including phenoxy) is 2. The number of benzene rings is 2. The molecule has 1 aromatic heterocycles. The predicted molar refractivity (Wildman–Crippen MR) is 128 cm³/mol. The van der Waals surface area contributed by atoms with Crippen LogP contribution in [0.15, 0.2) is 71.0 Å². The van der Waals surface area contributed by atoms with Gasteiger partial charge in [0, 0.05) is 28.6 Å². The number of aromatic nitrogens is 1. The summed E-state index contributed by atoms with van der Waals surface area (Å²) in [4.78, 5) is 31.9. The zero-order valence-electron chi connectivity index (χ0n) is 17.6. The van der Waals surface area contributed by atoms with Crippen LogP contribution in [0.1, 0.15) is 17.2 Å². The molecule has 2 heterocycles. The number of carbonyl (C=O) groups is 2. The Morgan fingerprint density at radius 1 is 1.09 bits per heavy atom. The van der Waals surface area contributed by atoms with Crippen molar-refractivity contribution in [1.29, 1.82) is 0 Å². The maximum atomic E-state index is 13.3. The predicted octanol–water partition coefficient (Wildman–Crippen LogP) is 5.14. The Hall–Kier alpha value is -3.36. The molecule has 4 rings (SSSR count). The first-order valence-electron chi connectivity index (χ1n) is 9.75. The molecule has 1 fully saturated rings. The molecule has 1 atom stereocenters. The third-order valence-electron chi connectivity index (χ3n) is 5.26. The van der Waals surface area contributed by atoms with Crippen LogP contribution >= 0.6 is 27.5 Å². The minimum atomic E-state index is -0.917. The fourth-order valence-electron chi connectivity index (χ4n) is 3.77. The van der Waals surface area contributed by atoms with E-state index < -0.39 is 23.5 Å². The highest BCUT2D eigenvalue weighted by atomic mass is 79.9. The molecule has 0 spiro atoms. The molecule has 1 aliphatic heterocycles. The molecular formula is C24H18BrClN2O5. The van der Waals surface area contributed by atoms with E-state index in [1.165, 1.54) is 31.3 Å². The number of aliphatic hydroxyl groups is 1. The van der Waals surface area contributed by atoms with Crippen molar-refractivity contribution in [2.24, 2.45) is 0 Å². The molecular weight excluding hydrogens is 512 g/mol. The van der Waals surface area contributed by atoms with Crippen LogP contribution < -0.4 is 14.4 Å². The number of carbonyl (C=O) groups excluding carboxylic acids is 2. The van der Waals surface area contributed by atoms with Gasteiger partial charge in [-0.05, 0) is 35.9 Å². The van der Waals surface area contributed by atoms with Crippen molar-refractivity contribution in [1.82, 2.24) is 4.98 Å². The molecule has 0 bridgehead atoms. The zero-order chi connectivity index (χ0) is 23.7. The van der Waals surface area contributed by atoms with Gasteiger partial charge < -0.3 is 14.6 Å². The fraction of sp³-hybridized carbons (Fsp3) is 0.125. The van der Waals surface area contributed by atoms with E-state index in [-0.39, 0.29) is 27.7 Å². The monoisotopic (exact) mass is 528 g/mol. The molecule has 2 aromatic carbocycles. The van der Waals surface area contributed by atoms with Crippen molar-refractivity contribution in [3.8, 4) is 11.5 Å². The topological polar surface area (TPSA) is 89.0 Å². The lowest BCUT2D eigenvalue weighted by Crippen LogP contribution is -2.29. The largest absolute Gasteiger partial charge is 0.507 e. The summed E-state index contributed by atoms with van der Waals surface area (Å²) >= 11 is 9.60. The van der Waals surface area contributed by atoms with Gasteiger partial charge in [-0.2, -0.15) is 0 Å². The number of ketones is 1.